The minimum Gasteiger partial charge on any atom is -0.467 e. The molecule has 114 valence electrons. The summed E-state index contributed by atoms with van der Waals surface area (Å²) in [4.78, 5) is 2.21. The molecule has 2 atom stereocenters. The van der Waals surface area contributed by atoms with Gasteiger partial charge in [-0.15, -0.1) is 0 Å². The van der Waals surface area contributed by atoms with E-state index in [0.717, 1.165) is 31.7 Å². The number of aliphatic hydroxyl groups excluding tert-OH is 2. The summed E-state index contributed by atoms with van der Waals surface area (Å²) < 4.78 is 10.6. The van der Waals surface area contributed by atoms with Gasteiger partial charge in [-0.2, -0.15) is 0 Å². The number of piperidine rings is 1. The summed E-state index contributed by atoms with van der Waals surface area (Å²) in [6.07, 6.45) is 3.21. The van der Waals surface area contributed by atoms with Gasteiger partial charge in [-0.1, -0.05) is 6.92 Å². The SMILES string of the molecule is CC1(CO)CCCN(CC(O)COCc2ccco2)C1. The lowest BCUT2D eigenvalue weighted by Gasteiger charge is -2.40. The number of ether oxygens (including phenoxy) is 1. The van der Waals surface area contributed by atoms with E-state index < -0.39 is 6.10 Å². The predicted octanol–water partition coefficient (Wildman–Crippen LogP) is 1.25. The molecule has 1 aliphatic heterocycles. The summed E-state index contributed by atoms with van der Waals surface area (Å²) in [6, 6.07) is 3.67. The van der Waals surface area contributed by atoms with Gasteiger partial charge in [0, 0.05) is 25.1 Å². The topological polar surface area (TPSA) is 66.1 Å². The summed E-state index contributed by atoms with van der Waals surface area (Å²) in [5, 5.41) is 19.4. The van der Waals surface area contributed by atoms with Gasteiger partial charge >= 0.3 is 0 Å². The van der Waals surface area contributed by atoms with Crippen LogP contribution in [0, 0.1) is 5.41 Å². The highest BCUT2D eigenvalue weighted by atomic mass is 16.5. The Kier molecular flexibility index (Phi) is 5.60. The Morgan fingerprint density at radius 1 is 1.55 bits per heavy atom. The van der Waals surface area contributed by atoms with Crippen molar-refractivity contribution in [2.45, 2.75) is 32.5 Å². The normalized spacial score (nSPS) is 25.8. The first kappa shape index (κ1) is 15.5. The molecule has 1 aromatic rings. The van der Waals surface area contributed by atoms with Crippen molar-refractivity contribution >= 4 is 0 Å². The summed E-state index contributed by atoms with van der Waals surface area (Å²) in [5.41, 5.74) is -0.0347. The van der Waals surface area contributed by atoms with Crippen LogP contribution in [-0.2, 0) is 11.3 Å². The van der Waals surface area contributed by atoms with E-state index in [9.17, 15) is 10.2 Å². The quantitative estimate of drug-likeness (QED) is 0.788. The molecule has 1 aromatic heterocycles. The number of β-amino-alcohol motifs (C(OH)–C–C–N with tert-alkyl or cyclic N) is 1. The van der Waals surface area contributed by atoms with Crippen LogP contribution in [0.25, 0.3) is 0 Å². The second-order valence-corrected chi connectivity index (χ2v) is 6.06. The Bertz CT molecular complexity index is 381. The molecule has 0 spiro atoms. The van der Waals surface area contributed by atoms with Crippen LogP contribution in [0.2, 0.25) is 0 Å². The van der Waals surface area contributed by atoms with Crippen LogP contribution < -0.4 is 0 Å². The first-order valence-corrected chi connectivity index (χ1v) is 7.23. The smallest absolute Gasteiger partial charge is 0.129 e. The third kappa shape index (κ3) is 4.59. The molecule has 0 aromatic carbocycles. The highest BCUT2D eigenvalue weighted by Gasteiger charge is 2.30. The van der Waals surface area contributed by atoms with Gasteiger partial charge in [-0.3, -0.25) is 0 Å². The fraction of sp³-hybridized carbons (Fsp3) is 0.733. The molecule has 1 saturated heterocycles. The first-order valence-electron chi connectivity index (χ1n) is 7.23. The molecule has 20 heavy (non-hydrogen) atoms. The van der Waals surface area contributed by atoms with E-state index in [0.29, 0.717) is 19.8 Å². The number of hydrogen-bond donors (Lipinski definition) is 2. The summed E-state index contributed by atoms with van der Waals surface area (Å²) >= 11 is 0. The lowest BCUT2D eigenvalue weighted by atomic mass is 9.83. The molecule has 0 saturated carbocycles. The van der Waals surface area contributed by atoms with E-state index in [1.165, 1.54) is 0 Å². The molecule has 1 aliphatic rings. The van der Waals surface area contributed by atoms with Gasteiger partial charge in [0.15, 0.2) is 0 Å². The lowest BCUT2D eigenvalue weighted by molar-refractivity contribution is -0.0173. The molecule has 2 N–H and O–H groups in total. The molecule has 2 heterocycles. The van der Waals surface area contributed by atoms with Gasteiger partial charge < -0.3 is 24.3 Å². The Labute approximate surface area is 120 Å². The second-order valence-electron chi connectivity index (χ2n) is 6.06. The third-order valence-corrected chi connectivity index (χ3v) is 3.85. The highest BCUT2D eigenvalue weighted by molar-refractivity contribution is 4.96. The zero-order chi connectivity index (χ0) is 14.4. The maximum absolute atomic E-state index is 10.0. The van der Waals surface area contributed by atoms with Crippen LogP contribution in [0.15, 0.2) is 22.8 Å². The molecule has 5 nitrogen and oxygen atoms in total. The number of nitrogens with zero attached hydrogens (tertiary/aromatic N) is 1. The lowest BCUT2D eigenvalue weighted by Crippen LogP contribution is -2.47. The van der Waals surface area contributed by atoms with Crippen LogP contribution in [-0.4, -0.2) is 54.1 Å². The van der Waals surface area contributed by atoms with Crippen LogP contribution in [0.1, 0.15) is 25.5 Å². The average molecular weight is 283 g/mol. The highest BCUT2D eigenvalue weighted by Crippen LogP contribution is 2.28. The molecular formula is C15H25NO4. The molecule has 0 amide bonds. The minimum absolute atomic E-state index is 0.0347. The van der Waals surface area contributed by atoms with Gasteiger partial charge in [0.25, 0.3) is 0 Å². The largest absolute Gasteiger partial charge is 0.467 e. The number of hydrogen-bond acceptors (Lipinski definition) is 5. The molecule has 0 aliphatic carbocycles. The van der Waals surface area contributed by atoms with E-state index in [1.54, 1.807) is 6.26 Å². The fourth-order valence-corrected chi connectivity index (χ4v) is 2.75. The van der Waals surface area contributed by atoms with Crippen LogP contribution in [0.4, 0.5) is 0 Å². The molecule has 2 unspecified atom stereocenters. The maximum Gasteiger partial charge on any atom is 0.129 e. The van der Waals surface area contributed by atoms with E-state index in [-0.39, 0.29) is 12.0 Å². The van der Waals surface area contributed by atoms with Crippen molar-refractivity contribution in [3.63, 3.8) is 0 Å². The molecular weight excluding hydrogens is 258 g/mol. The summed E-state index contributed by atoms with van der Waals surface area (Å²) in [6.45, 7) is 5.39. The third-order valence-electron chi connectivity index (χ3n) is 3.85. The average Bonchev–Trinajstić information content (AvgIpc) is 2.92. The molecule has 2 rings (SSSR count). The minimum atomic E-state index is -0.508. The standard InChI is InChI=1S/C15H25NO4/c1-15(12-17)5-3-6-16(11-15)8-13(18)9-19-10-14-4-2-7-20-14/h2,4,7,13,17-18H,3,5-6,8-12H2,1H3. The van der Waals surface area contributed by atoms with Crippen molar-refractivity contribution in [2.75, 3.05) is 32.8 Å². The Morgan fingerprint density at radius 2 is 2.40 bits per heavy atom. The first-order chi connectivity index (χ1) is 9.61. The van der Waals surface area contributed by atoms with Gasteiger partial charge in [-0.25, -0.2) is 0 Å². The van der Waals surface area contributed by atoms with Gasteiger partial charge in [0.2, 0.25) is 0 Å². The van der Waals surface area contributed by atoms with Crippen molar-refractivity contribution in [1.29, 1.82) is 0 Å². The van der Waals surface area contributed by atoms with Crippen LogP contribution in [0.3, 0.4) is 0 Å². The monoisotopic (exact) mass is 283 g/mol. The van der Waals surface area contributed by atoms with Crippen molar-refractivity contribution in [3.8, 4) is 0 Å². The zero-order valence-electron chi connectivity index (χ0n) is 12.1. The Morgan fingerprint density at radius 3 is 3.10 bits per heavy atom. The Balaban J connectivity index is 1.67. The van der Waals surface area contributed by atoms with E-state index in [4.69, 9.17) is 9.15 Å². The Hall–Kier alpha value is -0.880. The van der Waals surface area contributed by atoms with Crippen molar-refractivity contribution in [3.05, 3.63) is 24.2 Å². The van der Waals surface area contributed by atoms with Crippen LogP contribution in [0.5, 0.6) is 0 Å². The van der Waals surface area contributed by atoms with E-state index >= 15 is 0 Å². The number of aliphatic hydroxyl groups is 2. The van der Waals surface area contributed by atoms with Crippen molar-refractivity contribution in [2.24, 2.45) is 5.41 Å². The predicted molar refractivity (Wildman–Crippen MR) is 75.2 cm³/mol. The van der Waals surface area contributed by atoms with Gasteiger partial charge in [0.05, 0.1) is 19.0 Å². The van der Waals surface area contributed by atoms with Gasteiger partial charge in [0.1, 0.15) is 12.4 Å². The maximum atomic E-state index is 10.0. The summed E-state index contributed by atoms with van der Waals surface area (Å²) in [7, 11) is 0. The number of likely N-dealkylation sites (tertiary alicyclic amines) is 1. The summed E-state index contributed by atoms with van der Waals surface area (Å²) in [5.74, 6) is 0.767. The molecule has 0 radical (unpaired) electrons. The van der Waals surface area contributed by atoms with Gasteiger partial charge in [-0.05, 0) is 31.5 Å². The zero-order valence-corrected chi connectivity index (χ0v) is 12.1. The van der Waals surface area contributed by atoms with E-state index in [2.05, 4.69) is 11.8 Å². The number of furan rings is 1. The molecule has 1 fully saturated rings. The fourth-order valence-electron chi connectivity index (χ4n) is 2.75. The van der Waals surface area contributed by atoms with Crippen molar-refractivity contribution < 1.29 is 19.4 Å². The second kappa shape index (κ2) is 7.22. The van der Waals surface area contributed by atoms with Crippen LogP contribution >= 0.6 is 0 Å². The van der Waals surface area contributed by atoms with E-state index in [1.807, 2.05) is 12.1 Å². The number of rotatable bonds is 7. The molecule has 0 bridgehead atoms. The van der Waals surface area contributed by atoms with Crippen molar-refractivity contribution in [1.82, 2.24) is 4.90 Å². The molecule has 5 heteroatoms.